The fourth-order valence-corrected chi connectivity index (χ4v) is 5.82. The molecule has 0 atom stereocenters. The van der Waals surface area contributed by atoms with Gasteiger partial charge in [0.2, 0.25) is 0 Å². The summed E-state index contributed by atoms with van der Waals surface area (Å²) in [6.07, 6.45) is 5.12. The van der Waals surface area contributed by atoms with Gasteiger partial charge in [0.25, 0.3) is 5.91 Å². The summed E-state index contributed by atoms with van der Waals surface area (Å²) in [6, 6.07) is 12.0. The molecule has 0 radical (unpaired) electrons. The quantitative estimate of drug-likeness (QED) is 0.246. The zero-order chi connectivity index (χ0) is 34.4. The molecule has 2 aromatic heterocycles. The molecule has 2 aromatic carbocycles. The third-order valence-electron chi connectivity index (χ3n) is 8.58. The standard InChI is InChI=1S/C32H36F2N8O3.CH2O2/c1-22-20-24(37-28-29-36-21-27(41(29)11-10-35-28)23-4-7-25(8-5-23)45-31(33)34)6-9-26(22)30(43)38-12-14-39(15-13-38)32(44)40-16-18-42(2,3)19-17-40;2-1-3/h4-11,20-21,31H,12-19H2,1-3H3;1H,(H,2,3). The van der Waals surface area contributed by atoms with Gasteiger partial charge in [-0.15, -0.1) is 0 Å². The van der Waals surface area contributed by atoms with E-state index in [1.807, 2.05) is 44.2 Å². The molecule has 4 aromatic rings. The number of anilines is 2. The molecular formula is C33H38F2N8O5. The summed E-state index contributed by atoms with van der Waals surface area (Å²) in [5, 5.41) is 11.6. The summed E-state index contributed by atoms with van der Waals surface area (Å²) >= 11 is 0. The van der Waals surface area contributed by atoms with Gasteiger partial charge in [-0.05, 0) is 55.0 Å². The Labute approximate surface area is 276 Å². The zero-order valence-corrected chi connectivity index (χ0v) is 27.0. The molecule has 0 spiro atoms. The van der Waals surface area contributed by atoms with Crippen LogP contribution in [0.3, 0.4) is 0 Å². The van der Waals surface area contributed by atoms with Gasteiger partial charge in [-0.1, -0.05) is 0 Å². The summed E-state index contributed by atoms with van der Waals surface area (Å²) in [5.74, 6) is 0.556. The number of nitrogens with one attached hydrogen (secondary N) is 1. The van der Waals surface area contributed by atoms with E-state index in [0.29, 0.717) is 43.2 Å². The number of likely N-dealkylation sites (N-methyl/N-ethyl adjacent to an activating group) is 1. The molecule has 6 rings (SSSR count). The lowest BCUT2D eigenvalue weighted by Gasteiger charge is -2.42. The zero-order valence-electron chi connectivity index (χ0n) is 27.0. The highest BCUT2D eigenvalue weighted by Gasteiger charge is 2.32. The fourth-order valence-electron chi connectivity index (χ4n) is 5.82. The Kier molecular flexibility index (Phi) is 10.4. The van der Waals surface area contributed by atoms with Crippen molar-refractivity contribution in [3.05, 3.63) is 72.2 Å². The smallest absolute Gasteiger partial charge is 0.387 e. The first-order chi connectivity index (χ1) is 23.0. The van der Waals surface area contributed by atoms with Crippen molar-refractivity contribution in [3.63, 3.8) is 0 Å². The van der Waals surface area contributed by atoms with Crippen molar-refractivity contribution in [1.29, 1.82) is 0 Å². The van der Waals surface area contributed by atoms with E-state index < -0.39 is 13.1 Å². The Hall–Kier alpha value is -5.31. The lowest BCUT2D eigenvalue weighted by Crippen LogP contribution is -2.60. The minimum Gasteiger partial charge on any atom is -0.554 e. The second kappa shape index (κ2) is 14.6. The van der Waals surface area contributed by atoms with Gasteiger partial charge in [0.15, 0.2) is 11.5 Å². The maximum absolute atomic E-state index is 13.4. The van der Waals surface area contributed by atoms with E-state index in [-0.39, 0.29) is 17.7 Å². The molecule has 4 heterocycles. The number of alkyl halides is 2. The number of carboxylic acid groups (broad SMARTS) is 1. The number of amides is 3. The number of imidazole rings is 1. The topological polar surface area (TPSA) is 135 Å². The van der Waals surface area contributed by atoms with Gasteiger partial charge < -0.3 is 39.1 Å². The maximum Gasteiger partial charge on any atom is 0.387 e. The van der Waals surface area contributed by atoms with Gasteiger partial charge >= 0.3 is 12.6 Å². The predicted octanol–water partition coefficient (Wildman–Crippen LogP) is 2.69. The molecule has 1 N–H and O–H groups in total. The van der Waals surface area contributed by atoms with Crippen LogP contribution >= 0.6 is 0 Å². The van der Waals surface area contributed by atoms with Crippen LogP contribution in [-0.4, -0.2) is 125 Å². The first-order valence-electron chi connectivity index (χ1n) is 15.5. The number of urea groups is 1. The van der Waals surface area contributed by atoms with Crippen LogP contribution in [0.2, 0.25) is 0 Å². The molecule has 2 fully saturated rings. The lowest BCUT2D eigenvalue weighted by atomic mass is 10.1. The number of hydrogen-bond donors (Lipinski definition) is 1. The number of nitrogens with zero attached hydrogens (tertiary/aromatic N) is 7. The summed E-state index contributed by atoms with van der Waals surface area (Å²) < 4.78 is 32.3. The lowest BCUT2D eigenvalue weighted by molar-refractivity contribution is -0.894. The molecule has 0 bridgehead atoms. The number of hydrogen-bond acceptors (Lipinski definition) is 8. The van der Waals surface area contributed by atoms with Crippen molar-refractivity contribution in [2.45, 2.75) is 13.5 Å². The van der Waals surface area contributed by atoms with Gasteiger partial charge in [-0.2, -0.15) is 8.78 Å². The van der Waals surface area contributed by atoms with E-state index in [2.05, 4.69) is 34.1 Å². The molecule has 2 saturated heterocycles. The van der Waals surface area contributed by atoms with Gasteiger partial charge in [0, 0.05) is 61.9 Å². The van der Waals surface area contributed by atoms with E-state index >= 15 is 0 Å². The number of rotatable bonds is 6. The second-order valence-corrected chi connectivity index (χ2v) is 12.2. The predicted molar refractivity (Wildman–Crippen MR) is 172 cm³/mol. The number of halogens is 2. The Bertz CT molecular complexity index is 1750. The molecule has 2 aliphatic rings. The summed E-state index contributed by atoms with van der Waals surface area (Å²) in [7, 11) is 4.37. The number of piperazine rings is 2. The first-order valence-corrected chi connectivity index (χ1v) is 15.5. The van der Waals surface area contributed by atoms with Gasteiger partial charge in [0.05, 0.1) is 52.2 Å². The van der Waals surface area contributed by atoms with E-state index in [1.54, 1.807) is 30.7 Å². The molecule has 3 amide bonds. The van der Waals surface area contributed by atoms with E-state index in [9.17, 15) is 18.4 Å². The van der Waals surface area contributed by atoms with Crippen molar-refractivity contribution in [2.75, 3.05) is 71.8 Å². The van der Waals surface area contributed by atoms with Crippen LogP contribution in [0, 0.1) is 6.92 Å². The number of carbonyl (C=O) groups excluding carboxylic acids is 3. The second-order valence-electron chi connectivity index (χ2n) is 12.2. The van der Waals surface area contributed by atoms with Gasteiger partial charge in [0.1, 0.15) is 5.75 Å². The van der Waals surface area contributed by atoms with Crippen LogP contribution in [0.4, 0.5) is 25.1 Å². The molecule has 2 aliphatic heterocycles. The molecule has 254 valence electrons. The van der Waals surface area contributed by atoms with Gasteiger partial charge in [-0.25, -0.2) is 14.8 Å². The Morgan fingerprint density at radius 1 is 0.958 bits per heavy atom. The van der Waals surface area contributed by atoms with E-state index in [1.165, 1.54) is 12.1 Å². The molecular weight excluding hydrogens is 626 g/mol. The molecule has 0 unspecified atom stereocenters. The number of aryl methyl sites for hydroxylation is 1. The van der Waals surface area contributed by atoms with Gasteiger partial charge in [-0.3, -0.25) is 9.20 Å². The molecule has 48 heavy (non-hydrogen) atoms. The maximum atomic E-state index is 13.4. The highest BCUT2D eigenvalue weighted by Crippen LogP contribution is 2.28. The van der Waals surface area contributed by atoms with Crippen molar-refractivity contribution in [3.8, 4) is 17.0 Å². The molecule has 0 aliphatic carbocycles. The van der Waals surface area contributed by atoms with Crippen LogP contribution in [0.25, 0.3) is 16.9 Å². The fraction of sp³-hybridized carbons (Fsp3) is 0.364. The number of benzene rings is 2. The Morgan fingerprint density at radius 2 is 1.58 bits per heavy atom. The minimum atomic E-state index is -2.88. The van der Waals surface area contributed by atoms with E-state index in [0.717, 1.165) is 53.2 Å². The Morgan fingerprint density at radius 3 is 2.21 bits per heavy atom. The highest BCUT2D eigenvalue weighted by atomic mass is 19.3. The SMILES string of the molecule is Cc1cc(Nc2nccn3c(-c4ccc(OC(F)F)cc4)cnc23)ccc1C(=O)N1CCN(C(=O)N2CC[N+](C)(C)CC2)CC1.O=C[O-]. The summed E-state index contributed by atoms with van der Waals surface area (Å²) in [6.45, 7) is 3.95. The number of quaternary nitrogens is 1. The highest BCUT2D eigenvalue weighted by molar-refractivity contribution is 5.96. The van der Waals surface area contributed by atoms with Crippen LogP contribution < -0.4 is 15.2 Å². The average Bonchev–Trinajstić information content (AvgIpc) is 3.50. The third-order valence-corrected chi connectivity index (χ3v) is 8.58. The summed E-state index contributed by atoms with van der Waals surface area (Å²) in [5.41, 5.74) is 4.31. The summed E-state index contributed by atoms with van der Waals surface area (Å²) in [4.78, 5) is 49.4. The normalized spacial score (nSPS) is 15.9. The largest absolute Gasteiger partial charge is 0.554 e. The van der Waals surface area contributed by atoms with Crippen molar-refractivity contribution in [2.24, 2.45) is 0 Å². The van der Waals surface area contributed by atoms with Crippen LogP contribution in [0.5, 0.6) is 5.75 Å². The van der Waals surface area contributed by atoms with E-state index in [4.69, 9.17) is 9.90 Å². The number of carbonyl (C=O) groups is 3. The van der Waals surface area contributed by atoms with Crippen LogP contribution in [0.1, 0.15) is 15.9 Å². The van der Waals surface area contributed by atoms with Crippen LogP contribution in [-0.2, 0) is 4.79 Å². The number of fused-ring (bicyclic) bond motifs is 1. The Balaban J connectivity index is 0.00000145. The molecule has 15 heteroatoms. The molecule has 0 saturated carbocycles. The monoisotopic (exact) mass is 664 g/mol. The molecule has 13 nitrogen and oxygen atoms in total. The van der Waals surface area contributed by atoms with Crippen molar-refractivity contribution < 1.29 is 37.5 Å². The van der Waals surface area contributed by atoms with Crippen LogP contribution in [0.15, 0.2) is 61.1 Å². The number of ether oxygens (including phenoxy) is 1. The minimum absolute atomic E-state index is 0.0498. The number of aromatic nitrogens is 3. The van der Waals surface area contributed by atoms with Crippen molar-refractivity contribution in [1.82, 2.24) is 29.1 Å². The first kappa shape index (κ1) is 34.0. The third kappa shape index (κ3) is 7.79. The average molecular weight is 665 g/mol. The van der Waals surface area contributed by atoms with Crippen molar-refractivity contribution >= 4 is 35.6 Å².